The Morgan fingerprint density at radius 3 is 2.44 bits per heavy atom. The molecule has 0 saturated carbocycles. The van der Waals surface area contributed by atoms with Gasteiger partial charge in [-0.3, -0.25) is 0 Å². The molecule has 0 unspecified atom stereocenters. The van der Waals surface area contributed by atoms with Crippen LogP contribution < -0.4 is 0 Å². The normalized spacial score (nSPS) is 9.78. The zero-order valence-corrected chi connectivity index (χ0v) is 7.34. The van der Waals surface area contributed by atoms with Crippen molar-refractivity contribution in [3.8, 4) is 0 Å². The van der Waals surface area contributed by atoms with E-state index in [9.17, 15) is 4.79 Å². The topological polar surface area (TPSA) is 26.3 Å². The van der Waals surface area contributed by atoms with Gasteiger partial charge in [0.1, 0.15) is 0 Å². The summed E-state index contributed by atoms with van der Waals surface area (Å²) in [4.78, 5) is 10.4. The SMILES string of the molecule is COC(=O)SSC(C)C. The van der Waals surface area contributed by atoms with Gasteiger partial charge in [0, 0.05) is 16.0 Å². The zero-order valence-electron chi connectivity index (χ0n) is 5.71. The average molecular weight is 166 g/mol. The van der Waals surface area contributed by atoms with Gasteiger partial charge in [-0.2, -0.15) is 0 Å². The minimum atomic E-state index is -0.228. The molecule has 0 aromatic rings. The van der Waals surface area contributed by atoms with Gasteiger partial charge in [0.25, 0.3) is 0 Å². The van der Waals surface area contributed by atoms with Gasteiger partial charge in [-0.05, 0) is 0 Å². The van der Waals surface area contributed by atoms with Gasteiger partial charge < -0.3 is 4.74 Å². The Morgan fingerprint density at radius 2 is 2.11 bits per heavy atom. The summed E-state index contributed by atoms with van der Waals surface area (Å²) in [6, 6.07) is 0. The van der Waals surface area contributed by atoms with Crippen LogP contribution in [0.4, 0.5) is 4.79 Å². The Morgan fingerprint density at radius 1 is 1.56 bits per heavy atom. The maximum Gasteiger partial charge on any atom is 0.377 e. The van der Waals surface area contributed by atoms with Gasteiger partial charge in [-0.1, -0.05) is 24.6 Å². The Labute approximate surface area is 63.1 Å². The van der Waals surface area contributed by atoms with Crippen molar-refractivity contribution in [1.29, 1.82) is 0 Å². The molecule has 0 aliphatic carbocycles. The number of rotatable bonds is 2. The van der Waals surface area contributed by atoms with Crippen LogP contribution in [0.25, 0.3) is 0 Å². The number of carbonyl (C=O) groups is 1. The van der Waals surface area contributed by atoms with Crippen molar-refractivity contribution in [2.24, 2.45) is 0 Å². The summed E-state index contributed by atoms with van der Waals surface area (Å²) < 4.78 is 4.40. The van der Waals surface area contributed by atoms with Crippen molar-refractivity contribution in [2.75, 3.05) is 7.11 Å². The Kier molecular flexibility index (Phi) is 5.09. The molecule has 0 fully saturated rings. The smallest absolute Gasteiger partial charge is 0.377 e. The van der Waals surface area contributed by atoms with Gasteiger partial charge in [-0.15, -0.1) is 0 Å². The van der Waals surface area contributed by atoms with Crippen LogP contribution in [-0.4, -0.2) is 17.7 Å². The first-order valence-corrected chi connectivity index (χ1v) is 4.79. The fraction of sp³-hybridized carbons (Fsp3) is 0.800. The number of carbonyl (C=O) groups excluding carboxylic acids is 1. The maximum atomic E-state index is 10.4. The molecule has 0 N–H and O–H groups in total. The number of hydrogen-bond donors (Lipinski definition) is 0. The molecule has 0 heterocycles. The lowest BCUT2D eigenvalue weighted by Crippen LogP contribution is -1.90. The third-order valence-electron chi connectivity index (χ3n) is 0.475. The Hall–Kier alpha value is 0.170. The largest absolute Gasteiger partial charge is 0.460 e. The van der Waals surface area contributed by atoms with Crippen LogP contribution in [0, 0.1) is 0 Å². The predicted octanol–water partition coefficient (Wildman–Crippen LogP) is 2.54. The van der Waals surface area contributed by atoms with Crippen LogP contribution in [0.1, 0.15) is 13.8 Å². The highest BCUT2D eigenvalue weighted by atomic mass is 33.1. The maximum absolute atomic E-state index is 10.4. The second kappa shape index (κ2) is 4.99. The Bertz CT molecular complexity index is 93.0. The van der Waals surface area contributed by atoms with E-state index in [0.29, 0.717) is 5.25 Å². The molecule has 9 heavy (non-hydrogen) atoms. The molecule has 0 saturated heterocycles. The molecule has 0 bridgehead atoms. The van der Waals surface area contributed by atoms with Crippen molar-refractivity contribution in [1.82, 2.24) is 0 Å². The van der Waals surface area contributed by atoms with Crippen molar-refractivity contribution >= 4 is 26.9 Å². The molecule has 0 aliphatic rings. The molecule has 0 aromatic carbocycles. The van der Waals surface area contributed by atoms with Gasteiger partial charge in [0.15, 0.2) is 0 Å². The van der Waals surface area contributed by atoms with Crippen molar-refractivity contribution in [3.05, 3.63) is 0 Å². The van der Waals surface area contributed by atoms with E-state index >= 15 is 0 Å². The third-order valence-corrected chi connectivity index (χ3v) is 3.11. The van der Waals surface area contributed by atoms with Gasteiger partial charge in [0.05, 0.1) is 7.11 Å². The second-order valence-corrected chi connectivity index (χ2v) is 4.40. The lowest BCUT2D eigenvalue weighted by Gasteiger charge is -1.99. The van der Waals surface area contributed by atoms with Crippen LogP contribution in [0.2, 0.25) is 0 Å². The number of methoxy groups -OCH3 is 1. The predicted molar refractivity (Wildman–Crippen MR) is 42.7 cm³/mol. The minimum absolute atomic E-state index is 0.228. The van der Waals surface area contributed by atoms with E-state index in [0.717, 1.165) is 10.8 Å². The molecule has 54 valence electrons. The molecular weight excluding hydrogens is 156 g/mol. The van der Waals surface area contributed by atoms with E-state index in [1.54, 1.807) is 0 Å². The lowest BCUT2D eigenvalue weighted by molar-refractivity contribution is 0.200. The molecule has 0 aromatic heterocycles. The standard InChI is InChI=1S/C5H10O2S2/c1-4(2)8-9-5(6)7-3/h4H,1-3H3. The van der Waals surface area contributed by atoms with E-state index in [2.05, 4.69) is 4.74 Å². The average Bonchev–Trinajstić information content (AvgIpc) is 1.83. The van der Waals surface area contributed by atoms with Crippen molar-refractivity contribution < 1.29 is 9.53 Å². The monoisotopic (exact) mass is 166 g/mol. The zero-order chi connectivity index (χ0) is 7.28. The van der Waals surface area contributed by atoms with E-state index in [1.165, 1.54) is 17.9 Å². The summed E-state index contributed by atoms with van der Waals surface area (Å²) in [5.74, 6) is 0. The van der Waals surface area contributed by atoms with Gasteiger partial charge in [0.2, 0.25) is 0 Å². The molecule has 0 aliphatic heterocycles. The minimum Gasteiger partial charge on any atom is -0.460 e. The van der Waals surface area contributed by atoms with E-state index in [4.69, 9.17) is 0 Å². The molecule has 0 amide bonds. The lowest BCUT2D eigenvalue weighted by atomic mass is 10.6. The van der Waals surface area contributed by atoms with Crippen LogP contribution >= 0.6 is 21.6 Å². The van der Waals surface area contributed by atoms with E-state index < -0.39 is 0 Å². The molecule has 0 radical (unpaired) electrons. The fourth-order valence-corrected chi connectivity index (χ4v) is 1.53. The first kappa shape index (κ1) is 9.17. The summed E-state index contributed by atoms with van der Waals surface area (Å²) in [5, 5.41) is 0.239. The van der Waals surface area contributed by atoms with Crippen LogP contribution in [-0.2, 0) is 4.74 Å². The first-order chi connectivity index (χ1) is 4.16. The fourth-order valence-electron chi connectivity index (χ4n) is 0.170. The van der Waals surface area contributed by atoms with Crippen LogP contribution in [0.5, 0.6) is 0 Å². The molecule has 4 heteroatoms. The van der Waals surface area contributed by atoms with E-state index in [1.807, 2.05) is 13.8 Å². The van der Waals surface area contributed by atoms with Crippen molar-refractivity contribution in [2.45, 2.75) is 19.1 Å². The molecule has 0 atom stereocenters. The number of ether oxygens (including phenoxy) is 1. The Balaban J connectivity index is 3.17. The number of hydrogen-bond acceptors (Lipinski definition) is 4. The van der Waals surface area contributed by atoms with Gasteiger partial charge >= 0.3 is 5.30 Å². The summed E-state index contributed by atoms with van der Waals surface area (Å²) in [6.45, 7) is 4.06. The first-order valence-electron chi connectivity index (χ1n) is 2.58. The van der Waals surface area contributed by atoms with Gasteiger partial charge in [-0.25, -0.2) is 4.79 Å². The van der Waals surface area contributed by atoms with Crippen LogP contribution in [0.3, 0.4) is 0 Å². The highest BCUT2D eigenvalue weighted by Gasteiger charge is 2.02. The summed E-state index contributed by atoms with van der Waals surface area (Å²) in [7, 11) is 4.03. The summed E-state index contributed by atoms with van der Waals surface area (Å²) >= 11 is 0. The van der Waals surface area contributed by atoms with Crippen molar-refractivity contribution in [3.63, 3.8) is 0 Å². The molecule has 0 rings (SSSR count). The summed E-state index contributed by atoms with van der Waals surface area (Å²) in [6.07, 6.45) is 0. The highest BCUT2D eigenvalue weighted by molar-refractivity contribution is 8.82. The molecule has 2 nitrogen and oxygen atoms in total. The molecule has 0 spiro atoms. The second-order valence-electron chi connectivity index (χ2n) is 1.68. The quantitative estimate of drug-likeness (QED) is 0.465. The third kappa shape index (κ3) is 6.05. The molecular formula is C5H10O2S2. The van der Waals surface area contributed by atoms with Crippen LogP contribution in [0.15, 0.2) is 0 Å². The van der Waals surface area contributed by atoms with E-state index in [-0.39, 0.29) is 5.30 Å². The summed E-state index contributed by atoms with van der Waals surface area (Å²) in [5.41, 5.74) is 0. The highest BCUT2D eigenvalue weighted by Crippen LogP contribution is 2.27.